The van der Waals surface area contributed by atoms with E-state index in [-0.39, 0.29) is 0 Å². The van der Waals surface area contributed by atoms with Crippen LogP contribution in [0.25, 0.3) is 0 Å². The summed E-state index contributed by atoms with van der Waals surface area (Å²) in [6.07, 6.45) is 5.55. The van der Waals surface area contributed by atoms with Crippen molar-refractivity contribution in [3.63, 3.8) is 0 Å². The number of fused-ring (bicyclic) bond motifs is 4. The van der Waals surface area contributed by atoms with E-state index in [9.17, 15) is 0 Å². The summed E-state index contributed by atoms with van der Waals surface area (Å²) >= 11 is 0. The number of aromatic nitrogens is 4. The second kappa shape index (κ2) is 12.9. The molecule has 11 nitrogen and oxygen atoms in total. The Morgan fingerprint density at radius 3 is 1.47 bits per heavy atom. The zero-order chi connectivity index (χ0) is 29.8. The summed E-state index contributed by atoms with van der Waals surface area (Å²) in [5, 5.41) is 6.99. The molecule has 6 heterocycles. The van der Waals surface area contributed by atoms with E-state index in [0.717, 1.165) is 110 Å². The fraction of sp³-hybridized carbons (Fsp3) is 0.375. The zero-order valence-corrected chi connectivity index (χ0v) is 25.4. The lowest BCUT2D eigenvalue weighted by Gasteiger charge is -2.34. The Kier molecular flexibility index (Phi) is 8.64. The number of nitrogens with one attached hydrogen (secondary N) is 2. The molecule has 2 aliphatic rings. The number of anilines is 8. The summed E-state index contributed by atoms with van der Waals surface area (Å²) in [6.45, 7) is 4.67. The van der Waals surface area contributed by atoms with E-state index < -0.39 is 0 Å². The summed E-state index contributed by atoms with van der Waals surface area (Å²) in [4.78, 5) is 27.3. The van der Waals surface area contributed by atoms with Gasteiger partial charge in [-0.1, -0.05) is 0 Å². The number of hydrogen-bond acceptors (Lipinski definition) is 11. The molecule has 2 aliphatic heterocycles. The molecule has 0 saturated carbocycles. The highest BCUT2D eigenvalue weighted by Gasteiger charge is 2.27. The quantitative estimate of drug-likeness (QED) is 0.229. The van der Waals surface area contributed by atoms with Crippen molar-refractivity contribution in [2.75, 3.05) is 74.1 Å². The lowest BCUT2D eigenvalue weighted by Crippen LogP contribution is -2.27. The third kappa shape index (κ3) is 5.96. The van der Waals surface area contributed by atoms with Crippen molar-refractivity contribution < 1.29 is 4.74 Å². The van der Waals surface area contributed by atoms with Gasteiger partial charge in [0.05, 0.1) is 34.1 Å². The molecule has 0 amide bonds. The molecule has 0 unspecified atom stereocenters. The van der Waals surface area contributed by atoms with E-state index in [1.165, 1.54) is 0 Å². The summed E-state index contributed by atoms with van der Waals surface area (Å²) in [5.74, 6) is 3.69. The highest BCUT2D eigenvalue weighted by molar-refractivity contribution is 5.89. The van der Waals surface area contributed by atoms with Crippen LogP contribution in [0, 0.1) is 0 Å². The van der Waals surface area contributed by atoms with Crippen LogP contribution >= 0.6 is 0 Å². The van der Waals surface area contributed by atoms with E-state index in [0.29, 0.717) is 0 Å². The fourth-order valence-electron chi connectivity index (χ4n) is 5.59. The molecule has 2 N–H and O–H groups in total. The molecule has 0 fully saturated rings. The summed E-state index contributed by atoms with van der Waals surface area (Å²) < 4.78 is 5.86. The number of nitrogens with zero attached hydrogens (tertiary/aromatic N) is 8. The van der Waals surface area contributed by atoms with Crippen LogP contribution in [-0.4, -0.2) is 74.4 Å². The van der Waals surface area contributed by atoms with Gasteiger partial charge in [-0.3, -0.25) is 0 Å². The lowest BCUT2D eigenvalue weighted by molar-refractivity contribution is 0.129. The third-order valence-corrected chi connectivity index (χ3v) is 7.97. The number of hydrogen-bond donors (Lipinski definition) is 2. The lowest BCUT2D eigenvalue weighted by atomic mass is 10.2. The van der Waals surface area contributed by atoms with Gasteiger partial charge in [-0.05, 0) is 74.5 Å². The summed E-state index contributed by atoms with van der Waals surface area (Å²) in [5.41, 5.74) is 6.35. The van der Waals surface area contributed by atoms with Crippen molar-refractivity contribution in [1.29, 1.82) is 0 Å². The van der Waals surface area contributed by atoms with E-state index >= 15 is 0 Å². The van der Waals surface area contributed by atoms with Gasteiger partial charge in [-0.2, -0.15) is 0 Å². The first-order valence-electron chi connectivity index (χ1n) is 14.9. The van der Waals surface area contributed by atoms with Crippen molar-refractivity contribution in [1.82, 2.24) is 30.6 Å². The summed E-state index contributed by atoms with van der Waals surface area (Å²) in [6, 6.07) is 16.5. The molecule has 0 aromatic carbocycles. The standard InChI is InChI=1S/C32H40N10O/c1-39-25-9-5-17-35-29(25)41(3)31-27(39)13-11-23(37-31)21-33-15-7-19-43-20-8-16-34-22-24-12-14-28-32(38-24)42(4)30-26(40(28)2)10-6-18-36-30/h5-6,9-14,17-18,33-34H,7-8,15-16,19-22H2,1-4H3. The molecule has 11 heteroatoms. The average Bonchev–Trinajstić information content (AvgIpc) is 3.05. The van der Waals surface area contributed by atoms with Crippen LogP contribution < -0.4 is 30.2 Å². The van der Waals surface area contributed by atoms with Gasteiger partial charge in [-0.15, -0.1) is 0 Å². The van der Waals surface area contributed by atoms with Crippen molar-refractivity contribution >= 4 is 46.0 Å². The molecule has 0 aliphatic carbocycles. The Morgan fingerprint density at radius 2 is 1.00 bits per heavy atom. The Bertz CT molecular complexity index is 1450. The molecule has 0 atom stereocenters. The van der Waals surface area contributed by atoms with E-state index in [2.05, 4.69) is 90.7 Å². The third-order valence-electron chi connectivity index (χ3n) is 7.97. The molecule has 0 saturated heterocycles. The summed E-state index contributed by atoms with van der Waals surface area (Å²) in [7, 11) is 8.16. The maximum Gasteiger partial charge on any atom is 0.158 e. The van der Waals surface area contributed by atoms with Gasteiger partial charge < -0.3 is 35.0 Å². The van der Waals surface area contributed by atoms with E-state index in [4.69, 9.17) is 14.7 Å². The molecule has 4 aromatic heterocycles. The minimum Gasteiger partial charge on any atom is -0.381 e. The van der Waals surface area contributed by atoms with Crippen LogP contribution in [0.5, 0.6) is 0 Å². The Balaban J connectivity index is 0.859. The highest BCUT2D eigenvalue weighted by Crippen LogP contribution is 2.44. The highest BCUT2D eigenvalue weighted by atomic mass is 16.5. The molecule has 224 valence electrons. The predicted molar refractivity (Wildman–Crippen MR) is 173 cm³/mol. The first-order chi connectivity index (χ1) is 21.0. The van der Waals surface area contributed by atoms with Crippen molar-refractivity contribution in [3.8, 4) is 0 Å². The van der Waals surface area contributed by atoms with Gasteiger partial charge >= 0.3 is 0 Å². The number of rotatable bonds is 12. The van der Waals surface area contributed by atoms with Crippen LogP contribution in [0.1, 0.15) is 24.2 Å². The van der Waals surface area contributed by atoms with Crippen LogP contribution in [0.3, 0.4) is 0 Å². The molecule has 4 aromatic rings. The van der Waals surface area contributed by atoms with E-state index in [1.54, 1.807) is 0 Å². The average molecular weight is 581 g/mol. The van der Waals surface area contributed by atoms with Crippen molar-refractivity contribution in [3.05, 3.63) is 72.3 Å². The van der Waals surface area contributed by atoms with Crippen LogP contribution in [-0.2, 0) is 17.8 Å². The molecule has 0 bridgehead atoms. The van der Waals surface area contributed by atoms with Crippen LogP contribution in [0.4, 0.5) is 46.0 Å². The van der Waals surface area contributed by atoms with E-state index in [1.807, 2.05) is 38.6 Å². The number of ether oxygens (including phenoxy) is 1. The minimum absolute atomic E-state index is 0.718. The molecule has 0 spiro atoms. The van der Waals surface area contributed by atoms with Crippen LogP contribution in [0.2, 0.25) is 0 Å². The normalized spacial score (nSPS) is 13.5. The van der Waals surface area contributed by atoms with Gasteiger partial charge in [0, 0.05) is 66.9 Å². The molecule has 43 heavy (non-hydrogen) atoms. The predicted octanol–water partition coefficient (Wildman–Crippen LogP) is 4.64. The van der Waals surface area contributed by atoms with Crippen LogP contribution in [0.15, 0.2) is 60.9 Å². The Hall–Kier alpha value is -4.32. The number of pyridine rings is 4. The Morgan fingerprint density at radius 1 is 0.558 bits per heavy atom. The second-order valence-corrected chi connectivity index (χ2v) is 10.9. The fourth-order valence-corrected chi connectivity index (χ4v) is 5.59. The van der Waals surface area contributed by atoms with Crippen molar-refractivity contribution in [2.45, 2.75) is 25.9 Å². The zero-order valence-electron chi connectivity index (χ0n) is 25.4. The molecular formula is C32H40N10O. The van der Waals surface area contributed by atoms with Gasteiger partial charge in [0.15, 0.2) is 23.3 Å². The maximum absolute atomic E-state index is 5.86. The smallest absolute Gasteiger partial charge is 0.158 e. The monoisotopic (exact) mass is 580 g/mol. The topological polar surface area (TPSA) is 97.8 Å². The second-order valence-electron chi connectivity index (χ2n) is 10.9. The minimum atomic E-state index is 0.718. The largest absolute Gasteiger partial charge is 0.381 e. The van der Waals surface area contributed by atoms with Gasteiger partial charge in [0.1, 0.15) is 0 Å². The van der Waals surface area contributed by atoms with Gasteiger partial charge in [0.2, 0.25) is 0 Å². The molecular weight excluding hydrogens is 540 g/mol. The van der Waals surface area contributed by atoms with Crippen molar-refractivity contribution in [2.24, 2.45) is 0 Å². The van der Waals surface area contributed by atoms with Gasteiger partial charge in [0.25, 0.3) is 0 Å². The maximum atomic E-state index is 5.86. The molecule has 6 rings (SSSR count). The first-order valence-corrected chi connectivity index (χ1v) is 14.9. The Labute approximate surface area is 253 Å². The van der Waals surface area contributed by atoms with Gasteiger partial charge in [-0.25, -0.2) is 19.9 Å². The SMILES string of the molecule is CN1c2cccnc2N(C)c2nc(CNCCCOCCCNCc3ccc4c(n3)N(C)c3ncccc3N4C)ccc21. The first kappa shape index (κ1) is 28.8. The molecule has 0 radical (unpaired) electrons.